The van der Waals surface area contributed by atoms with Gasteiger partial charge in [0.2, 0.25) is 5.91 Å². The zero-order valence-electron chi connectivity index (χ0n) is 12.2. The Hall–Kier alpha value is -1.61. The maximum absolute atomic E-state index is 12.3. The summed E-state index contributed by atoms with van der Waals surface area (Å²) in [5.74, 6) is 0.122. The number of aryl methyl sites for hydroxylation is 1. The van der Waals surface area contributed by atoms with Gasteiger partial charge in [0.15, 0.2) is 0 Å². The quantitative estimate of drug-likeness (QED) is 0.639. The Kier molecular flexibility index (Phi) is 5.36. The molecule has 0 aromatic heterocycles. The number of hydrogen-bond donors (Lipinski definition) is 1. The van der Waals surface area contributed by atoms with Crippen LogP contribution in [0.3, 0.4) is 0 Å². The van der Waals surface area contributed by atoms with Crippen LogP contribution in [0.2, 0.25) is 0 Å². The third-order valence-corrected chi connectivity index (χ3v) is 3.58. The summed E-state index contributed by atoms with van der Waals surface area (Å²) in [6.45, 7) is 7.35. The lowest BCUT2D eigenvalue weighted by atomic mass is 9.82. The van der Waals surface area contributed by atoms with Gasteiger partial charge in [0.25, 0.3) is 0 Å². The molecule has 1 atom stereocenters. The van der Waals surface area contributed by atoms with Crippen molar-refractivity contribution in [3.8, 4) is 0 Å². The van der Waals surface area contributed by atoms with Crippen LogP contribution in [0, 0.1) is 0 Å². The minimum atomic E-state index is 0.00101. The van der Waals surface area contributed by atoms with Gasteiger partial charge in [0.05, 0.1) is 19.1 Å². The van der Waals surface area contributed by atoms with Crippen LogP contribution >= 0.6 is 0 Å². The third kappa shape index (κ3) is 3.94. The first-order valence-electron chi connectivity index (χ1n) is 7.26. The fourth-order valence-corrected chi connectivity index (χ4v) is 2.64. The molecule has 1 aromatic rings. The smallest absolute Gasteiger partial charge is 0.227 e. The molecule has 0 saturated heterocycles. The second-order valence-electron chi connectivity index (χ2n) is 5.44. The number of carbonyl (C=O) groups is 1. The van der Waals surface area contributed by atoms with Crippen LogP contribution in [0.1, 0.15) is 36.8 Å². The Labute approximate surface area is 121 Å². The second-order valence-corrected chi connectivity index (χ2v) is 5.44. The lowest BCUT2D eigenvalue weighted by Gasteiger charge is -2.24. The molecular weight excluding hydrogens is 250 g/mol. The van der Waals surface area contributed by atoms with Crippen molar-refractivity contribution >= 4 is 5.91 Å². The largest absolute Gasteiger partial charge is 0.375 e. The zero-order chi connectivity index (χ0) is 14.4. The molecule has 0 bridgehead atoms. The van der Waals surface area contributed by atoms with Gasteiger partial charge in [-0.3, -0.25) is 4.79 Å². The fourth-order valence-electron chi connectivity index (χ4n) is 2.64. The second kappa shape index (κ2) is 7.25. The molecule has 3 heteroatoms. The van der Waals surface area contributed by atoms with Crippen molar-refractivity contribution < 1.29 is 9.53 Å². The molecule has 1 unspecified atom stereocenters. The third-order valence-electron chi connectivity index (χ3n) is 3.58. The van der Waals surface area contributed by atoms with Gasteiger partial charge in [-0.1, -0.05) is 36.4 Å². The van der Waals surface area contributed by atoms with Crippen LogP contribution in [-0.2, 0) is 16.0 Å². The topological polar surface area (TPSA) is 38.3 Å². The highest BCUT2D eigenvalue weighted by Crippen LogP contribution is 2.31. The standard InChI is InChI=1S/C17H23NO2/c1-13(2)12-20-11-10-18-17(19)16-9-5-7-14-6-3-4-8-15(14)16/h3-4,6,8,16H,1,5,7,9-12H2,2H3,(H,18,19). The number of nitrogens with one attached hydrogen (secondary N) is 1. The first-order chi connectivity index (χ1) is 9.68. The van der Waals surface area contributed by atoms with E-state index < -0.39 is 0 Å². The molecule has 20 heavy (non-hydrogen) atoms. The van der Waals surface area contributed by atoms with Gasteiger partial charge in [-0.2, -0.15) is 0 Å². The molecule has 3 nitrogen and oxygen atoms in total. The molecule has 108 valence electrons. The molecule has 1 aliphatic rings. The lowest BCUT2D eigenvalue weighted by Crippen LogP contribution is -2.33. The van der Waals surface area contributed by atoms with Crippen LogP contribution < -0.4 is 5.32 Å². The van der Waals surface area contributed by atoms with E-state index in [0.717, 1.165) is 24.8 Å². The van der Waals surface area contributed by atoms with E-state index >= 15 is 0 Å². The van der Waals surface area contributed by atoms with E-state index in [0.29, 0.717) is 19.8 Å². The van der Waals surface area contributed by atoms with Crippen LogP contribution in [0.25, 0.3) is 0 Å². The molecule has 0 aliphatic heterocycles. The van der Waals surface area contributed by atoms with Gasteiger partial charge < -0.3 is 10.1 Å². The normalized spacial score (nSPS) is 17.4. The molecule has 1 N–H and O–H groups in total. The molecule has 1 aromatic carbocycles. The monoisotopic (exact) mass is 273 g/mol. The Morgan fingerprint density at radius 3 is 3.05 bits per heavy atom. The number of benzene rings is 1. The molecule has 1 amide bonds. The van der Waals surface area contributed by atoms with Crippen molar-refractivity contribution in [3.63, 3.8) is 0 Å². The minimum Gasteiger partial charge on any atom is -0.375 e. The van der Waals surface area contributed by atoms with Crippen LogP contribution in [0.4, 0.5) is 0 Å². The zero-order valence-corrected chi connectivity index (χ0v) is 12.2. The minimum absolute atomic E-state index is 0.00101. The van der Waals surface area contributed by atoms with Crippen LogP contribution in [0.5, 0.6) is 0 Å². The molecule has 0 spiro atoms. The van der Waals surface area contributed by atoms with Gasteiger partial charge in [0.1, 0.15) is 0 Å². The summed E-state index contributed by atoms with van der Waals surface area (Å²) in [4.78, 5) is 12.3. The van der Waals surface area contributed by atoms with Crippen LogP contribution in [0.15, 0.2) is 36.4 Å². The van der Waals surface area contributed by atoms with Crippen molar-refractivity contribution in [2.45, 2.75) is 32.1 Å². The summed E-state index contributed by atoms with van der Waals surface area (Å²) in [6, 6.07) is 8.27. The first kappa shape index (κ1) is 14.8. The van der Waals surface area contributed by atoms with Gasteiger partial charge in [0, 0.05) is 6.54 Å². The Bertz CT molecular complexity index is 482. The van der Waals surface area contributed by atoms with Crippen molar-refractivity contribution in [2.75, 3.05) is 19.8 Å². The SMILES string of the molecule is C=C(C)COCCNC(=O)C1CCCc2ccccc21. The van der Waals surface area contributed by atoms with Crippen molar-refractivity contribution in [1.29, 1.82) is 0 Å². The lowest BCUT2D eigenvalue weighted by molar-refractivity contribution is -0.123. The highest BCUT2D eigenvalue weighted by atomic mass is 16.5. The van der Waals surface area contributed by atoms with Gasteiger partial charge in [-0.25, -0.2) is 0 Å². The van der Waals surface area contributed by atoms with Gasteiger partial charge >= 0.3 is 0 Å². The summed E-state index contributed by atoms with van der Waals surface area (Å²) in [7, 11) is 0. The highest BCUT2D eigenvalue weighted by molar-refractivity contribution is 5.84. The van der Waals surface area contributed by atoms with E-state index in [9.17, 15) is 4.79 Å². The summed E-state index contributed by atoms with van der Waals surface area (Å²) >= 11 is 0. The predicted molar refractivity (Wildman–Crippen MR) is 80.8 cm³/mol. The summed E-state index contributed by atoms with van der Waals surface area (Å²) in [6.07, 6.45) is 3.11. The number of hydrogen-bond acceptors (Lipinski definition) is 2. The maximum atomic E-state index is 12.3. The predicted octanol–water partition coefficient (Wildman–Crippen LogP) is 2.82. The van der Waals surface area contributed by atoms with E-state index in [1.807, 2.05) is 19.1 Å². The number of rotatable bonds is 6. The highest BCUT2D eigenvalue weighted by Gasteiger charge is 2.25. The van der Waals surface area contributed by atoms with Gasteiger partial charge in [-0.15, -0.1) is 0 Å². The van der Waals surface area contributed by atoms with Crippen LogP contribution in [-0.4, -0.2) is 25.7 Å². The fraction of sp³-hybridized carbons (Fsp3) is 0.471. The number of carbonyl (C=O) groups excluding carboxylic acids is 1. The molecule has 2 rings (SSSR count). The number of fused-ring (bicyclic) bond motifs is 1. The molecule has 1 aliphatic carbocycles. The van der Waals surface area contributed by atoms with E-state index in [4.69, 9.17) is 4.74 Å². The first-order valence-corrected chi connectivity index (χ1v) is 7.26. The van der Waals surface area contributed by atoms with E-state index in [-0.39, 0.29) is 11.8 Å². The summed E-state index contributed by atoms with van der Waals surface area (Å²) < 4.78 is 5.39. The van der Waals surface area contributed by atoms with Crippen molar-refractivity contribution in [2.24, 2.45) is 0 Å². The van der Waals surface area contributed by atoms with Gasteiger partial charge in [-0.05, 0) is 37.3 Å². The van der Waals surface area contributed by atoms with E-state index in [1.54, 1.807) is 0 Å². The Balaban J connectivity index is 1.83. The maximum Gasteiger partial charge on any atom is 0.227 e. The average molecular weight is 273 g/mol. The summed E-state index contributed by atoms with van der Waals surface area (Å²) in [5, 5.41) is 2.97. The van der Waals surface area contributed by atoms with Crippen molar-refractivity contribution in [3.05, 3.63) is 47.5 Å². The van der Waals surface area contributed by atoms with E-state index in [2.05, 4.69) is 24.0 Å². The molecule has 0 heterocycles. The summed E-state index contributed by atoms with van der Waals surface area (Å²) in [5.41, 5.74) is 3.51. The molecule has 0 radical (unpaired) electrons. The average Bonchev–Trinajstić information content (AvgIpc) is 2.45. The Morgan fingerprint density at radius 2 is 2.25 bits per heavy atom. The molecule has 0 fully saturated rings. The molecule has 0 saturated carbocycles. The molecular formula is C17H23NO2. The number of ether oxygens (including phenoxy) is 1. The number of amides is 1. The van der Waals surface area contributed by atoms with E-state index in [1.165, 1.54) is 11.1 Å². The Morgan fingerprint density at radius 1 is 1.45 bits per heavy atom. The van der Waals surface area contributed by atoms with Crippen molar-refractivity contribution in [1.82, 2.24) is 5.32 Å².